The van der Waals surface area contributed by atoms with Crippen molar-refractivity contribution in [1.82, 2.24) is 19.8 Å². The molecule has 3 aromatic rings. The van der Waals surface area contributed by atoms with E-state index in [4.69, 9.17) is 4.74 Å². The SMILES string of the molecule is COc1ccc(-c2nn3c(C(F)(F)F)nnc3s2)cc1Br. The molecular weight excluding hydrogens is 373 g/mol. The molecule has 0 unspecified atom stereocenters. The molecule has 1 aromatic carbocycles. The average molecular weight is 379 g/mol. The first-order chi connectivity index (χ1) is 9.90. The fraction of sp³-hybridized carbons (Fsp3) is 0.182. The lowest BCUT2D eigenvalue weighted by atomic mass is 10.2. The van der Waals surface area contributed by atoms with Crippen molar-refractivity contribution in [2.75, 3.05) is 7.11 Å². The van der Waals surface area contributed by atoms with E-state index in [0.29, 0.717) is 25.3 Å². The quantitative estimate of drug-likeness (QED) is 0.682. The minimum atomic E-state index is -4.59. The molecule has 0 aliphatic heterocycles. The molecule has 0 radical (unpaired) electrons. The monoisotopic (exact) mass is 378 g/mol. The summed E-state index contributed by atoms with van der Waals surface area (Å²) in [6.45, 7) is 0. The van der Waals surface area contributed by atoms with E-state index >= 15 is 0 Å². The maximum atomic E-state index is 12.7. The molecular formula is C11H6BrF3N4OS. The summed E-state index contributed by atoms with van der Waals surface area (Å²) in [4.78, 5) is 0.0873. The number of halogens is 4. The van der Waals surface area contributed by atoms with Gasteiger partial charge in [0, 0.05) is 5.56 Å². The van der Waals surface area contributed by atoms with Crippen molar-refractivity contribution in [2.45, 2.75) is 6.18 Å². The standard InChI is InChI=1S/C11H6BrF3N4OS/c1-20-7-3-2-5(4-6(7)12)8-18-19-9(11(13,14)15)16-17-10(19)21-8/h2-4H,1H3. The molecule has 3 rings (SSSR count). The van der Waals surface area contributed by atoms with E-state index in [1.165, 1.54) is 7.11 Å². The van der Waals surface area contributed by atoms with Gasteiger partial charge in [-0.15, -0.1) is 10.2 Å². The Bertz CT molecular complexity index is 814. The van der Waals surface area contributed by atoms with E-state index in [2.05, 4.69) is 31.2 Å². The number of hydrogen-bond acceptors (Lipinski definition) is 5. The van der Waals surface area contributed by atoms with Gasteiger partial charge in [-0.25, -0.2) is 0 Å². The van der Waals surface area contributed by atoms with Gasteiger partial charge < -0.3 is 4.74 Å². The highest BCUT2D eigenvalue weighted by atomic mass is 79.9. The van der Waals surface area contributed by atoms with Crippen LogP contribution in [0.4, 0.5) is 13.2 Å². The summed E-state index contributed by atoms with van der Waals surface area (Å²) in [5.41, 5.74) is 0.659. The zero-order valence-electron chi connectivity index (χ0n) is 10.3. The molecule has 110 valence electrons. The summed E-state index contributed by atoms with van der Waals surface area (Å²) in [6, 6.07) is 5.13. The molecule has 0 saturated heterocycles. The maximum Gasteiger partial charge on any atom is 0.453 e. The van der Waals surface area contributed by atoms with Crippen LogP contribution in [-0.2, 0) is 6.18 Å². The van der Waals surface area contributed by atoms with Gasteiger partial charge >= 0.3 is 6.18 Å². The number of fused-ring (bicyclic) bond motifs is 1. The Balaban J connectivity index is 2.09. The first kappa shape index (κ1) is 14.3. The van der Waals surface area contributed by atoms with E-state index in [0.717, 1.165) is 11.3 Å². The van der Waals surface area contributed by atoms with E-state index in [9.17, 15) is 13.2 Å². The van der Waals surface area contributed by atoms with Crippen molar-refractivity contribution < 1.29 is 17.9 Å². The molecule has 0 bridgehead atoms. The van der Waals surface area contributed by atoms with E-state index in [-0.39, 0.29) is 4.96 Å². The second-order valence-electron chi connectivity index (χ2n) is 3.97. The van der Waals surface area contributed by atoms with Crippen molar-refractivity contribution in [2.24, 2.45) is 0 Å². The molecule has 0 saturated carbocycles. The minimum Gasteiger partial charge on any atom is -0.496 e. The largest absolute Gasteiger partial charge is 0.496 e. The van der Waals surface area contributed by atoms with Gasteiger partial charge in [0.25, 0.3) is 5.82 Å². The molecule has 21 heavy (non-hydrogen) atoms. The number of aromatic nitrogens is 4. The topological polar surface area (TPSA) is 52.3 Å². The van der Waals surface area contributed by atoms with Crippen LogP contribution in [0.25, 0.3) is 15.5 Å². The van der Waals surface area contributed by atoms with Gasteiger partial charge in [0.1, 0.15) is 10.8 Å². The Morgan fingerprint density at radius 1 is 1.29 bits per heavy atom. The lowest BCUT2D eigenvalue weighted by Crippen LogP contribution is -2.11. The number of rotatable bonds is 2. The molecule has 10 heteroatoms. The van der Waals surface area contributed by atoms with Gasteiger partial charge in [-0.3, -0.25) is 0 Å². The Kier molecular flexibility index (Phi) is 3.36. The van der Waals surface area contributed by atoms with Crippen LogP contribution < -0.4 is 4.74 Å². The zero-order valence-corrected chi connectivity index (χ0v) is 12.8. The molecule has 0 N–H and O–H groups in total. The van der Waals surface area contributed by atoms with E-state index in [1.54, 1.807) is 18.2 Å². The number of alkyl halides is 3. The van der Waals surface area contributed by atoms with Gasteiger partial charge in [-0.1, -0.05) is 11.3 Å². The first-order valence-corrected chi connectivity index (χ1v) is 7.14. The molecule has 0 amide bonds. The fourth-order valence-electron chi connectivity index (χ4n) is 1.71. The highest BCUT2D eigenvalue weighted by molar-refractivity contribution is 9.10. The summed E-state index contributed by atoms with van der Waals surface area (Å²) in [5.74, 6) is -0.509. The summed E-state index contributed by atoms with van der Waals surface area (Å²) in [6.07, 6.45) is -4.59. The van der Waals surface area contributed by atoms with Crippen molar-refractivity contribution >= 4 is 32.2 Å². The lowest BCUT2D eigenvalue weighted by molar-refractivity contribution is -0.146. The molecule has 5 nitrogen and oxygen atoms in total. The van der Waals surface area contributed by atoms with Crippen LogP contribution in [0.15, 0.2) is 22.7 Å². The van der Waals surface area contributed by atoms with Gasteiger partial charge in [0.2, 0.25) is 4.96 Å². The van der Waals surface area contributed by atoms with E-state index in [1.807, 2.05) is 0 Å². The van der Waals surface area contributed by atoms with Gasteiger partial charge in [0.05, 0.1) is 11.6 Å². The molecule has 0 atom stereocenters. The number of methoxy groups -OCH3 is 1. The van der Waals surface area contributed by atoms with Crippen LogP contribution >= 0.6 is 27.3 Å². The highest BCUT2D eigenvalue weighted by Gasteiger charge is 2.38. The lowest BCUT2D eigenvalue weighted by Gasteiger charge is -2.04. The molecule has 2 aromatic heterocycles. The average Bonchev–Trinajstić information content (AvgIpc) is 2.96. The Hall–Kier alpha value is -1.68. The molecule has 0 spiro atoms. The van der Waals surface area contributed by atoms with Gasteiger partial charge in [-0.05, 0) is 34.1 Å². The first-order valence-electron chi connectivity index (χ1n) is 5.53. The van der Waals surface area contributed by atoms with Crippen molar-refractivity contribution in [3.63, 3.8) is 0 Å². The Morgan fingerprint density at radius 3 is 2.67 bits per heavy atom. The van der Waals surface area contributed by atoms with Crippen LogP contribution in [0.5, 0.6) is 5.75 Å². The molecule has 0 aliphatic rings. The Morgan fingerprint density at radius 2 is 2.05 bits per heavy atom. The molecule has 0 aliphatic carbocycles. The number of hydrogen-bond donors (Lipinski definition) is 0. The van der Waals surface area contributed by atoms with Crippen LogP contribution in [0.1, 0.15) is 5.82 Å². The predicted octanol–water partition coefficient (Wildman–Crippen LogP) is 3.64. The van der Waals surface area contributed by atoms with Crippen LogP contribution in [0.2, 0.25) is 0 Å². The summed E-state index contributed by atoms with van der Waals surface area (Å²) < 4.78 is 44.7. The number of benzene rings is 1. The third-order valence-electron chi connectivity index (χ3n) is 2.64. The number of nitrogens with zero attached hydrogens (tertiary/aromatic N) is 4. The Labute approximate surface area is 128 Å². The predicted molar refractivity (Wildman–Crippen MR) is 73.3 cm³/mol. The smallest absolute Gasteiger partial charge is 0.453 e. The third-order valence-corrected chi connectivity index (χ3v) is 4.21. The third kappa shape index (κ3) is 2.48. The van der Waals surface area contributed by atoms with Crippen molar-refractivity contribution in [3.8, 4) is 16.3 Å². The van der Waals surface area contributed by atoms with Crippen LogP contribution in [0.3, 0.4) is 0 Å². The maximum absolute atomic E-state index is 12.7. The van der Waals surface area contributed by atoms with E-state index < -0.39 is 12.0 Å². The number of ether oxygens (including phenoxy) is 1. The summed E-state index contributed by atoms with van der Waals surface area (Å²) in [7, 11) is 1.53. The van der Waals surface area contributed by atoms with Gasteiger partial charge in [-0.2, -0.15) is 22.8 Å². The summed E-state index contributed by atoms with van der Waals surface area (Å²) >= 11 is 4.35. The minimum absolute atomic E-state index is 0.0873. The van der Waals surface area contributed by atoms with Crippen LogP contribution in [-0.4, -0.2) is 26.9 Å². The molecule has 2 heterocycles. The normalized spacial score (nSPS) is 12.0. The van der Waals surface area contributed by atoms with Gasteiger partial charge in [0.15, 0.2) is 0 Å². The van der Waals surface area contributed by atoms with Crippen molar-refractivity contribution in [1.29, 1.82) is 0 Å². The second kappa shape index (κ2) is 4.95. The highest BCUT2D eigenvalue weighted by Crippen LogP contribution is 2.34. The zero-order chi connectivity index (χ0) is 15.2. The van der Waals surface area contributed by atoms with Crippen molar-refractivity contribution in [3.05, 3.63) is 28.5 Å². The fourth-order valence-corrected chi connectivity index (χ4v) is 3.09. The second-order valence-corrected chi connectivity index (χ2v) is 5.78. The molecule has 0 fully saturated rings. The van der Waals surface area contributed by atoms with Crippen LogP contribution in [0, 0.1) is 0 Å². The summed E-state index contributed by atoms with van der Waals surface area (Å²) in [5, 5.41) is 11.0.